The van der Waals surface area contributed by atoms with Crippen LogP contribution in [0.4, 0.5) is 0 Å². The highest BCUT2D eigenvalue weighted by Gasteiger charge is 2.23. The zero-order valence-electron chi connectivity index (χ0n) is 18.0. The number of ether oxygens (including phenoxy) is 2. The maximum absolute atomic E-state index is 12.3. The van der Waals surface area contributed by atoms with Gasteiger partial charge in [0, 0.05) is 24.0 Å². The number of fused-ring (bicyclic) bond motifs is 1. The molecule has 0 amide bonds. The molecule has 0 aliphatic rings. The molecule has 0 saturated carbocycles. The largest absolute Gasteiger partial charge is 0.461 e. The Hall–Kier alpha value is -3.93. The molecular weight excluding hydrogens is 404 g/mol. The topological polar surface area (TPSA) is 81.3 Å². The molecule has 6 heteroatoms. The molecule has 0 radical (unpaired) electrons. The Balaban J connectivity index is 1.84. The summed E-state index contributed by atoms with van der Waals surface area (Å²) in [7, 11) is 0. The van der Waals surface area contributed by atoms with Crippen molar-refractivity contribution in [2.75, 3.05) is 6.61 Å². The number of esters is 2. The molecule has 2 aromatic heterocycles. The van der Waals surface area contributed by atoms with Gasteiger partial charge in [0.15, 0.2) is 0 Å². The van der Waals surface area contributed by atoms with Crippen LogP contribution in [0.25, 0.3) is 10.9 Å². The molecule has 1 atom stereocenters. The molecule has 32 heavy (non-hydrogen) atoms. The van der Waals surface area contributed by atoms with Crippen molar-refractivity contribution in [1.29, 1.82) is 0 Å². The minimum absolute atomic E-state index is 0.195. The number of nitrogens with zero attached hydrogens (tertiary/aromatic N) is 1. The summed E-state index contributed by atoms with van der Waals surface area (Å²) < 4.78 is 10.3. The van der Waals surface area contributed by atoms with Crippen LogP contribution in [0.1, 0.15) is 52.6 Å². The van der Waals surface area contributed by atoms with Crippen molar-refractivity contribution in [3.8, 4) is 0 Å². The van der Waals surface area contributed by atoms with Crippen molar-refractivity contribution < 1.29 is 19.1 Å². The van der Waals surface area contributed by atoms with Crippen LogP contribution in [-0.4, -0.2) is 28.5 Å². The van der Waals surface area contributed by atoms with Gasteiger partial charge in [-0.2, -0.15) is 0 Å². The highest BCUT2D eigenvalue weighted by Crippen LogP contribution is 2.36. The lowest BCUT2D eigenvalue weighted by molar-refractivity contribution is -0.142. The van der Waals surface area contributed by atoms with E-state index >= 15 is 0 Å². The van der Waals surface area contributed by atoms with Gasteiger partial charge in [0.1, 0.15) is 12.3 Å². The Bertz CT molecular complexity index is 1260. The average Bonchev–Trinajstić information content (AvgIpc) is 3.22. The van der Waals surface area contributed by atoms with E-state index in [4.69, 9.17) is 9.47 Å². The van der Waals surface area contributed by atoms with Crippen LogP contribution >= 0.6 is 0 Å². The van der Waals surface area contributed by atoms with Crippen molar-refractivity contribution >= 4 is 22.8 Å². The van der Waals surface area contributed by atoms with E-state index in [1.165, 1.54) is 6.92 Å². The van der Waals surface area contributed by atoms with Gasteiger partial charge < -0.3 is 14.5 Å². The van der Waals surface area contributed by atoms with Crippen molar-refractivity contribution in [2.24, 2.45) is 0 Å². The van der Waals surface area contributed by atoms with E-state index < -0.39 is 5.97 Å². The van der Waals surface area contributed by atoms with Gasteiger partial charge in [0.05, 0.1) is 18.2 Å². The third-order valence-electron chi connectivity index (χ3n) is 5.21. The fourth-order valence-corrected chi connectivity index (χ4v) is 3.82. The molecule has 4 rings (SSSR count). The Kier molecular flexibility index (Phi) is 6.31. The third kappa shape index (κ3) is 4.54. The zero-order valence-corrected chi connectivity index (χ0v) is 18.0. The van der Waals surface area contributed by atoms with Crippen molar-refractivity contribution in [3.63, 3.8) is 0 Å². The van der Waals surface area contributed by atoms with Crippen LogP contribution in [0.15, 0.2) is 72.9 Å². The molecule has 0 aliphatic heterocycles. The van der Waals surface area contributed by atoms with Gasteiger partial charge in [-0.3, -0.25) is 4.79 Å². The lowest BCUT2D eigenvalue weighted by atomic mass is 9.87. The Morgan fingerprint density at radius 1 is 1.00 bits per heavy atom. The molecule has 1 unspecified atom stereocenters. The molecule has 162 valence electrons. The lowest BCUT2D eigenvalue weighted by Crippen LogP contribution is -2.12. The quantitative estimate of drug-likeness (QED) is 0.420. The van der Waals surface area contributed by atoms with Crippen molar-refractivity contribution in [3.05, 3.63) is 101 Å². The number of carbonyl (C=O) groups is 2. The van der Waals surface area contributed by atoms with E-state index in [0.29, 0.717) is 0 Å². The summed E-state index contributed by atoms with van der Waals surface area (Å²) in [5.74, 6) is -1.01. The number of para-hydroxylation sites is 1. The van der Waals surface area contributed by atoms with E-state index in [1.807, 2.05) is 60.8 Å². The van der Waals surface area contributed by atoms with Crippen LogP contribution in [0, 0.1) is 0 Å². The Morgan fingerprint density at radius 3 is 2.62 bits per heavy atom. The molecule has 1 N–H and O–H groups in total. The molecule has 2 aromatic carbocycles. The number of hydrogen-bond donors (Lipinski definition) is 1. The van der Waals surface area contributed by atoms with Gasteiger partial charge in [-0.15, -0.1) is 0 Å². The van der Waals surface area contributed by atoms with Crippen LogP contribution < -0.4 is 0 Å². The predicted molar refractivity (Wildman–Crippen MR) is 121 cm³/mol. The second-order valence-corrected chi connectivity index (χ2v) is 7.42. The van der Waals surface area contributed by atoms with Crippen LogP contribution in [0.2, 0.25) is 0 Å². The summed E-state index contributed by atoms with van der Waals surface area (Å²) in [5.41, 5.74) is 4.91. The number of pyridine rings is 1. The van der Waals surface area contributed by atoms with Gasteiger partial charge >= 0.3 is 11.9 Å². The van der Waals surface area contributed by atoms with Crippen LogP contribution in [-0.2, 0) is 20.9 Å². The predicted octanol–water partition coefficient (Wildman–Crippen LogP) is 4.98. The van der Waals surface area contributed by atoms with Crippen LogP contribution in [0.5, 0.6) is 0 Å². The summed E-state index contributed by atoms with van der Waals surface area (Å²) in [5, 5.41) is 1.08. The zero-order chi connectivity index (χ0) is 22.5. The van der Waals surface area contributed by atoms with Gasteiger partial charge in [-0.05, 0) is 41.8 Å². The SMILES string of the molecule is CCOC(=O)c1cccc(C(c2cccc(COC(C)=O)c2)c2c[nH]c3ccccc23)n1. The monoisotopic (exact) mass is 428 g/mol. The standard InChI is InChI=1S/C26H24N2O4/c1-3-31-26(30)24-13-7-12-23(28-24)25(21-15-27-22-11-5-4-10-20(21)22)19-9-6-8-18(14-19)16-32-17(2)29/h4-15,25,27H,3,16H2,1-2H3. The van der Waals surface area contributed by atoms with Gasteiger partial charge in [-0.25, -0.2) is 9.78 Å². The second-order valence-electron chi connectivity index (χ2n) is 7.42. The number of aromatic amines is 1. The smallest absolute Gasteiger partial charge is 0.356 e. The fraction of sp³-hybridized carbons (Fsp3) is 0.192. The first-order chi connectivity index (χ1) is 15.6. The number of H-pyrrole nitrogens is 1. The summed E-state index contributed by atoms with van der Waals surface area (Å²) in [6, 6.07) is 21.3. The van der Waals surface area contributed by atoms with Crippen molar-refractivity contribution in [1.82, 2.24) is 9.97 Å². The number of carbonyl (C=O) groups excluding carboxylic acids is 2. The number of aromatic nitrogens is 2. The lowest BCUT2D eigenvalue weighted by Gasteiger charge is -2.19. The van der Waals surface area contributed by atoms with Crippen molar-refractivity contribution in [2.45, 2.75) is 26.4 Å². The minimum Gasteiger partial charge on any atom is -0.461 e. The maximum Gasteiger partial charge on any atom is 0.356 e. The first kappa shape index (κ1) is 21.3. The van der Waals surface area contributed by atoms with E-state index in [9.17, 15) is 9.59 Å². The molecule has 2 heterocycles. The molecule has 0 saturated heterocycles. The number of nitrogens with one attached hydrogen (secondary N) is 1. The van der Waals surface area contributed by atoms with E-state index in [0.717, 1.165) is 33.3 Å². The molecule has 6 nitrogen and oxygen atoms in total. The number of rotatable bonds is 7. The normalized spacial score (nSPS) is 11.8. The first-order valence-electron chi connectivity index (χ1n) is 10.5. The molecule has 0 aliphatic carbocycles. The number of benzene rings is 2. The summed E-state index contributed by atoms with van der Waals surface area (Å²) >= 11 is 0. The highest BCUT2D eigenvalue weighted by molar-refractivity contribution is 5.87. The first-order valence-corrected chi connectivity index (χ1v) is 10.5. The molecule has 4 aromatic rings. The van der Waals surface area contributed by atoms with Crippen LogP contribution in [0.3, 0.4) is 0 Å². The molecule has 0 bridgehead atoms. The molecule has 0 fully saturated rings. The maximum atomic E-state index is 12.3. The van der Waals surface area contributed by atoms with E-state index in [-0.39, 0.29) is 30.8 Å². The Morgan fingerprint density at radius 2 is 1.81 bits per heavy atom. The average molecular weight is 428 g/mol. The highest BCUT2D eigenvalue weighted by atomic mass is 16.5. The van der Waals surface area contributed by atoms with Gasteiger partial charge in [0.25, 0.3) is 0 Å². The van der Waals surface area contributed by atoms with Gasteiger partial charge in [0.2, 0.25) is 0 Å². The van der Waals surface area contributed by atoms with E-state index in [2.05, 4.69) is 16.0 Å². The summed E-state index contributed by atoms with van der Waals surface area (Å²) in [6.07, 6.45) is 1.98. The molecular formula is C26H24N2O4. The van der Waals surface area contributed by atoms with Gasteiger partial charge in [-0.1, -0.05) is 48.5 Å². The second kappa shape index (κ2) is 9.47. The minimum atomic E-state index is -0.448. The summed E-state index contributed by atoms with van der Waals surface area (Å²) in [4.78, 5) is 31.6. The van der Waals surface area contributed by atoms with E-state index in [1.54, 1.807) is 13.0 Å². The number of hydrogen-bond acceptors (Lipinski definition) is 5. The fourth-order valence-electron chi connectivity index (χ4n) is 3.82. The Labute approximate surface area is 186 Å². The molecule has 0 spiro atoms. The summed E-state index contributed by atoms with van der Waals surface area (Å²) in [6.45, 7) is 3.64. The third-order valence-corrected chi connectivity index (χ3v) is 5.21.